The number of unbranched alkanes of at least 4 members (excludes halogenated alkanes) is 2. The van der Waals surface area contributed by atoms with Gasteiger partial charge < -0.3 is 0 Å². The number of aryl methyl sites for hydroxylation is 3. The molecule has 0 aliphatic heterocycles. The Morgan fingerprint density at radius 3 is 1.70 bits per heavy atom. The quantitative estimate of drug-likeness (QED) is 0.172. The minimum Gasteiger partial charge on any atom is -0.206 e. The second-order valence-electron chi connectivity index (χ2n) is 10.8. The molecule has 0 spiro atoms. The van der Waals surface area contributed by atoms with E-state index in [0.717, 1.165) is 42.9 Å². The van der Waals surface area contributed by atoms with Crippen LogP contribution in [0.5, 0.6) is 0 Å². The molecule has 4 heteroatoms. The molecule has 37 heavy (non-hydrogen) atoms. The van der Waals surface area contributed by atoms with E-state index < -0.39 is 22.5 Å². The number of rotatable bonds is 11. The summed E-state index contributed by atoms with van der Waals surface area (Å²) in [6.45, 7) is 2.25. The summed E-state index contributed by atoms with van der Waals surface area (Å²) in [6.07, 6.45) is 14.4. The molecule has 0 unspecified atom stereocenters. The van der Waals surface area contributed by atoms with E-state index in [0.29, 0.717) is 5.92 Å². The number of halogens is 4. The molecule has 198 valence electrons. The standard InChI is InChI=1S/C33H38ClF3/c1-2-3-4-5-23-6-8-24(9-7-23)10-11-25-12-14-26(15-13-25)16-17-27-18-19-29(30(35)20-27)28-21-31(36)33(34)32(37)22-28/h6-9,18-22,25-26H,2-5,10-17H2,1H3. The maximum atomic E-state index is 14.8. The van der Waals surface area contributed by atoms with Crippen molar-refractivity contribution in [3.05, 3.63) is 93.8 Å². The lowest BCUT2D eigenvalue weighted by atomic mass is 9.77. The van der Waals surface area contributed by atoms with Gasteiger partial charge in [0.25, 0.3) is 0 Å². The van der Waals surface area contributed by atoms with Crippen LogP contribution in [0.4, 0.5) is 13.2 Å². The predicted molar refractivity (Wildman–Crippen MR) is 149 cm³/mol. The Balaban J connectivity index is 1.20. The molecule has 0 radical (unpaired) electrons. The molecular formula is C33H38ClF3. The molecule has 0 aromatic heterocycles. The topological polar surface area (TPSA) is 0 Å². The molecule has 1 saturated carbocycles. The van der Waals surface area contributed by atoms with E-state index in [1.54, 1.807) is 6.07 Å². The van der Waals surface area contributed by atoms with Gasteiger partial charge in [-0.25, -0.2) is 13.2 Å². The average molecular weight is 527 g/mol. The second-order valence-corrected chi connectivity index (χ2v) is 11.2. The summed E-state index contributed by atoms with van der Waals surface area (Å²) in [4.78, 5) is 0. The molecule has 0 saturated heterocycles. The van der Waals surface area contributed by atoms with Crippen LogP contribution < -0.4 is 0 Å². The highest BCUT2D eigenvalue weighted by atomic mass is 35.5. The normalized spacial score (nSPS) is 17.8. The Kier molecular flexibility index (Phi) is 10.1. The first-order valence-electron chi connectivity index (χ1n) is 13.9. The minimum atomic E-state index is -0.883. The molecule has 1 aliphatic carbocycles. The third kappa shape index (κ3) is 7.87. The number of hydrogen-bond acceptors (Lipinski definition) is 0. The lowest BCUT2D eigenvalue weighted by Gasteiger charge is -2.28. The van der Waals surface area contributed by atoms with Crippen molar-refractivity contribution >= 4 is 11.6 Å². The third-order valence-electron chi connectivity index (χ3n) is 8.07. The lowest BCUT2D eigenvalue weighted by molar-refractivity contribution is 0.253. The molecular weight excluding hydrogens is 489 g/mol. The Morgan fingerprint density at radius 1 is 0.649 bits per heavy atom. The molecule has 1 fully saturated rings. The van der Waals surface area contributed by atoms with Crippen molar-refractivity contribution in [1.82, 2.24) is 0 Å². The van der Waals surface area contributed by atoms with Crippen molar-refractivity contribution in [2.75, 3.05) is 0 Å². The van der Waals surface area contributed by atoms with Gasteiger partial charge in [-0.2, -0.15) is 0 Å². The van der Waals surface area contributed by atoms with E-state index in [-0.39, 0.29) is 11.1 Å². The minimum absolute atomic E-state index is 0.157. The molecule has 4 rings (SSSR count). The number of hydrogen-bond donors (Lipinski definition) is 0. The summed E-state index contributed by atoms with van der Waals surface area (Å²) in [5.74, 6) is -0.743. The van der Waals surface area contributed by atoms with Crippen molar-refractivity contribution in [2.24, 2.45) is 11.8 Å². The van der Waals surface area contributed by atoms with Gasteiger partial charge in [0.05, 0.1) is 0 Å². The summed E-state index contributed by atoms with van der Waals surface area (Å²) < 4.78 is 42.3. The van der Waals surface area contributed by atoms with Crippen molar-refractivity contribution < 1.29 is 13.2 Å². The summed E-state index contributed by atoms with van der Waals surface area (Å²) in [5, 5.41) is -0.567. The van der Waals surface area contributed by atoms with Gasteiger partial charge in [0.2, 0.25) is 0 Å². The molecule has 3 aromatic rings. The monoisotopic (exact) mass is 526 g/mol. The van der Waals surface area contributed by atoms with Crippen LogP contribution in [0.3, 0.4) is 0 Å². The van der Waals surface area contributed by atoms with Gasteiger partial charge in [-0.1, -0.05) is 93.4 Å². The molecule has 0 N–H and O–H groups in total. The van der Waals surface area contributed by atoms with Gasteiger partial charge in [-0.05, 0) is 90.8 Å². The SMILES string of the molecule is CCCCCc1ccc(CCC2CCC(CCc3ccc(-c4cc(F)c(Cl)c(F)c4)c(F)c3)CC2)cc1. The molecule has 0 amide bonds. The van der Waals surface area contributed by atoms with Crippen molar-refractivity contribution in [3.8, 4) is 11.1 Å². The third-order valence-corrected chi connectivity index (χ3v) is 8.43. The van der Waals surface area contributed by atoms with E-state index in [9.17, 15) is 13.2 Å². The Morgan fingerprint density at radius 2 is 1.16 bits per heavy atom. The summed E-state index contributed by atoms with van der Waals surface area (Å²) in [5.41, 5.74) is 4.18. The maximum absolute atomic E-state index is 14.8. The zero-order valence-corrected chi connectivity index (χ0v) is 22.6. The van der Waals surface area contributed by atoms with E-state index >= 15 is 0 Å². The highest BCUT2D eigenvalue weighted by Gasteiger charge is 2.21. The van der Waals surface area contributed by atoms with Crippen LogP contribution in [-0.4, -0.2) is 0 Å². The van der Waals surface area contributed by atoms with E-state index in [1.807, 2.05) is 6.07 Å². The largest absolute Gasteiger partial charge is 0.206 e. The van der Waals surface area contributed by atoms with Gasteiger partial charge >= 0.3 is 0 Å². The van der Waals surface area contributed by atoms with Crippen LogP contribution in [0, 0.1) is 29.3 Å². The highest BCUT2D eigenvalue weighted by molar-refractivity contribution is 6.31. The van der Waals surface area contributed by atoms with Crippen molar-refractivity contribution in [3.63, 3.8) is 0 Å². The van der Waals surface area contributed by atoms with Crippen LogP contribution in [0.1, 0.15) is 81.4 Å². The molecule has 0 atom stereocenters. The molecule has 3 aromatic carbocycles. The lowest BCUT2D eigenvalue weighted by Crippen LogP contribution is -2.15. The fourth-order valence-electron chi connectivity index (χ4n) is 5.66. The molecule has 1 aliphatic rings. The summed E-state index contributed by atoms with van der Waals surface area (Å²) >= 11 is 5.55. The van der Waals surface area contributed by atoms with Gasteiger partial charge in [0, 0.05) is 5.56 Å². The van der Waals surface area contributed by atoms with Crippen LogP contribution in [0.25, 0.3) is 11.1 Å². The maximum Gasteiger partial charge on any atom is 0.145 e. The first-order chi connectivity index (χ1) is 17.9. The van der Waals surface area contributed by atoms with Crippen molar-refractivity contribution in [2.45, 2.75) is 84.0 Å². The fraction of sp³-hybridized carbons (Fsp3) is 0.455. The highest BCUT2D eigenvalue weighted by Crippen LogP contribution is 2.35. The Hall–Kier alpha value is -2.26. The first-order valence-corrected chi connectivity index (χ1v) is 14.3. The zero-order valence-electron chi connectivity index (χ0n) is 21.8. The summed E-state index contributed by atoms with van der Waals surface area (Å²) in [6, 6.07) is 16.4. The second kappa shape index (κ2) is 13.5. The summed E-state index contributed by atoms with van der Waals surface area (Å²) in [7, 11) is 0. The van der Waals surface area contributed by atoms with Gasteiger partial charge in [0.15, 0.2) is 0 Å². The van der Waals surface area contributed by atoms with Crippen LogP contribution in [-0.2, 0) is 19.3 Å². The fourth-order valence-corrected chi connectivity index (χ4v) is 5.77. The van der Waals surface area contributed by atoms with Crippen molar-refractivity contribution in [1.29, 1.82) is 0 Å². The number of benzene rings is 3. The molecule has 0 heterocycles. The van der Waals surface area contributed by atoms with Gasteiger partial charge in [-0.3, -0.25) is 0 Å². The molecule has 0 nitrogen and oxygen atoms in total. The first kappa shape index (κ1) is 27.8. The van der Waals surface area contributed by atoms with Crippen LogP contribution in [0.2, 0.25) is 5.02 Å². The van der Waals surface area contributed by atoms with Crippen LogP contribution in [0.15, 0.2) is 54.6 Å². The Bertz CT molecular complexity index is 1120. The smallest absolute Gasteiger partial charge is 0.145 e. The zero-order chi connectivity index (χ0) is 26.2. The van der Waals surface area contributed by atoms with E-state index in [1.165, 1.54) is 75.0 Å². The van der Waals surface area contributed by atoms with E-state index in [2.05, 4.69) is 31.2 Å². The van der Waals surface area contributed by atoms with Gasteiger partial charge in [0.1, 0.15) is 22.5 Å². The average Bonchev–Trinajstić information content (AvgIpc) is 2.90. The predicted octanol–water partition coefficient (Wildman–Crippen LogP) is 10.5. The molecule has 0 bridgehead atoms. The Labute approximate surface area is 225 Å². The van der Waals surface area contributed by atoms with Gasteiger partial charge in [-0.15, -0.1) is 0 Å². The van der Waals surface area contributed by atoms with E-state index in [4.69, 9.17) is 11.6 Å². The van der Waals surface area contributed by atoms with Crippen LogP contribution >= 0.6 is 11.6 Å².